The zero-order chi connectivity index (χ0) is 9.68. The first-order valence-electron chi connectivity index (χ1n) is 4.68. The number of aromatic hydroxyl groups is 1. The molecule has 13 heavy (non-hydrogen) atoms. The van der Waals surface area contributed by atoms with Crippen molar-refractivity contribution in [3.63, 3.8) is 0 Å². The Labute approximate surface area is 79.8 Å². The van der Waals surface area contributed by atoms with Gasteiger partial charge in [-0.15, -0.1) is 0 Å². The summed E-state index contributed by atoms with van der Waals surface area (Å²) in [4.78, 5) is 2.25. The SMILES string of the molecule is CCN(CC)Cc1c[c]ccc1O. The Morgan fingerprint density at radius 3 is 2.62 bits per heavy atom. The lowest BCUT2D eigenvalue weighted by molar-refractivity contribution is 0.291. The van der Waals surface area contributed by atoms with Crippen molar-refractivity contribution >= 4 is 0 Å². The topological polar surface area (TPSA) is 23.5 Å². The van der Waals surface area contributed by atoms with Gasteiger partial charge >= 0.3 is 0 Å². The predicted molar refractivity (Wildman–Crippen MR) is 53.6 cm³/mol. The lowest BCUT2D eigenvalue weighted by atomic mass is 10.2. The molecule has 0 spiro atoms. The highest BCUT2D eigenvalue weighted by molar-refractivity contribution is 5.30. The number of hydrogen-bond acceptors (Lipinski definition) is 2. The first-order chi connectivity index (χ1) is 6.27. The molecule has 0 aliphatic rings. The third kappa shape index (κ3) is 2.74. The number of benzene rings is 1. The standard InChI is InChI=1S/C11H16NO/c1-3-12(4-2)9-10-7-5-6-8-11(10)13/h6-8,13H,3-4,9H2,1-2H3. The van der Waals surface area contributed by atoms with Crippen LogP contribution in [0.15, 0.2) is 18.2 Å². The Hall–Kier alpha value is -1.02. The third-order valence-electron chi connectivity index (χ3n) is 2.21. The molecular formula is C11H16NO. The van der Waals surface area contributed by atoms with E-state index >= 15 is 0 Å². The molecule has 0 saturated carbocycles. The molecule has 71 valence electrons. The monoisotopic (exact) mass is 178 g/mol. The van der Waals surface area contributed by atoms with Gasteiger partial charge in [0.1, 0.15) is 5.75 Å². The fourth-order valence-electron chi connectivity index (χ4n) is 1.27. The van der Waals surface area contributed by atoms with Gasteiger partial charge in [0.15, 0.2) is 0 Å². The molecule has 1 aromatic carbocycles. The normalized spacial score (nSPS) is 10.7. The molecule has 0 fully saturated rings. The van der Waals surface area contributed by atoms with Gasteiger partial charge in [0, 0.05) is 12.1 Å². The number of hydrogen-bond donors (Lipinski definition) is 1. The number of phenols is 1. The molecule has 0 bridgehead atoms. The molecule has 0 aromatic heterocycles. The highest BCUT2D eigenvalue weighted by Gasteiger charge is 2.03. The summed E-state index contributed by atoms with van der Waals surface area (Å²) in [6, 6.07) is 8.21. The van der Waals surface area contributed by atoms with Crippen molar-refractivity contribution in [3.05, 3.63) is 29.8 Å². The van der Waals surface area contributed by atoms with Gasteiger partial charge in [-0.2, -0.15) is 0 Å². The molecule has 1 N–H and O–H groups in total. The van der Waals surface area contributed by atoms with Crippen LogP contribution in [0.5, 0.6) is 5.75 Å². The number of phenolic OH excluding ortho intramolecular Hbond substituents is 1. The first kappa shape index (κ1) is 10.1. The van der Waals surface area contributed by atoms with Crippen molar-refractivity contribution in [1.29, 1.82) is 0 Å². The zero-order valence-corrected chi connectivity index (χ0v) is 8.25. The van der Waals surface area contributed by atoms with Gasteiger partial charge in [-0.1, -0.05) is 19.9 Å². The number of rotatable bonds is 4. The summed E-state index contributed by atoms with van der Waals surface area (Å²) in [5, 5.41) is 9.50. The molecule has 0 atom stereocenters. The van der Waals surface area contributed by atoms with Gasteiger partial charge < -0.3 is 5.11 Å². The van der Waals surface area contributed by atoms with Crippen LogP contribution in [0.1, 0.15) is 19.4 Å². The van der Waals surface area contributed by atoms with Crippen molar-refractivity contribution in [3.8, 4) is 5.75 Å². The molecule has 0 amide bonds. The van der Waals surface area contributed by atoms with Gasteiger partial charge in [0.25, 0.3) is 0 Å². The van der Waals surface area contributed by atoms with Crippen LogP contribution in [-0.2, 0) is 6.54 Å². The molecule has 1 radical (unpaired) electrons. The quantitative estimate of drug-likeness (QED) is 0.762. The maximum Gasteiger partial charge on any atom is 0.120 e. The van der Waals surface area contributed by atoms with E-state index in [0.717, 1.165) is 25.2 Å². The van der Waals surface area contributed by atoms with Crippen molar-refractivity contribution in [2.75, 3.05) is 13.1 Å². The predicted octanol–water partition coefficient (Wildman–Crippen LogP) is 2.03. The largest absolute Gasteiger partial charge is 0.508 e. The van der Waals surface area contributed by atoms with Crippen LogP contribution in [0.4, 0.5) is 0 Å². The number of nitrogens with zero attached hydrogens (tertiary/aromatic N) is 1. The summed E-state index contributed by atoms with van der Waals surface area (Å²) < 4.78 is 0. The summed E-state index contributed by atoms with van der Waals surface area (Å²) in [5.41, 5.74) is 0.950. The van der Waals surface area contributed by atoms with Crippen LogP contribution in [-0.4, -0.2) is 23.1 Å². The minimum Gasteiger partial charge on any atom is -0.508 e. The van der Waals surface area contributed by atoms with E-state index in [-0.39, 0.29) is 0 Å². The van der Waals surface area contributed by atoms with Crippen molar-refractivity contribution in [1.82, 2.24) is 4.90 Å². The van der Waals surface area contributed by atoms with E-state index in [0.29, 0.717) is 5.75 Å². The van der Waals surface area contributed by atoms with Gasteiger partial charge in [-0.05, 0) is 31.3 Å². The molecule has 1 rings (SSSR count). The highest BCUT2D eigenvalue weighted by atomic mass is 16.3. The Morgan fingerprint density at radius 2 is 2.08 bits per heavy atom. The molecular weight excluding hydrogens is 162 g/mol. The summed E-state index contributed by atoms with van der Waals surface area (Å²) >= 11 is 0. The van der Waals surface area contributed by atoms with Crippen LogP contribution in [0.2, 0.25) is 0 Å². The van der Waals surface area contributed by atoms with Crippen molar-refractivity contribution in [2.45, 2.75) is 20.4 Å². The summed E-state index contributed by atoms with van der Waals surface area (Å²) in [6.07, 6.45) is 0. The Balaban J connectivity index is 2.67. The highest BCUT2D eigenvalue weighted by Crippen LogP contribution is 2.16. The summed E-state index contributed by atoms with van der Waals surface area (Å²) in [6.45, 7) is 7.05. The average molecular weight is 178 g/mol. The van der Waals surface area contributed by atoms with E-state index in [1.807, 2.05) is 6.07 Å². The van der Waals surface area contributed by atoms with Gasteiger partial charge in [0.05, 0.1) is 0 Å². The molecule has 0 aliphatic heterocycles. The van der Waals surface area contributed by atoms with Gasteiger partial charge in [0.2, 0.25) is 0 Å². The van der Waals surface area contributed by atoms with E-state index in [1.54, 1.807) is 12.1 Å². The van der Waals surface area contributed by atoms with Crippen molar-refractivity contribution < 1.29 is 5.11 Å². The third-order valence-corrected chi connectivity index (χ3v) is 2.21. The maximum atomic E-state index is 9.50. The summed E-state index contributed by atoms with van der Waals surface area (Å²) in [7, 11) is 0. The van der Waals surface area contributed by atoms with E-state index in [1.165, 1.54) is 0 Å². The maximum absolute atomic E-state index is 9.50. The van der Waals surface area contributed by atoms with Gasteiger partial charge in [-0.3, -0.25) is 4.90 Å². The minimum absolute atomic E-state index is 0.366. The molecule has 2 heteroatoms. The van der Waals surface area contributed by atoms with E-state index in [2.05, 4.69) is 24.8 Å². The molecule has 0 heterocycles. The fraction of sp³-hybridized carbons (Fsp3) is 0.455. The van der Waals surface area contributed by atoms with Crippen LogP contribution in [0.3, 0.4) is 0 Å². The summed E-state index contributed by atoms with van der Waals surface area (Å²) in [5.74, 6) is 0.366. The molecule has 0 aliphatic carbocycles. The lowest BCUT2D eigenvalue weighted by Gasteiger charge is -2.18. The van der Waals surface area contributed by atoms with E-state index in [4.69, 9.17) is 0 Å². The fourth-order valence-corrected chi connectivity index (χ4v) is 1.27. The molecule has 0 unspecified atom stereocenters. The van der Waals surface area contributed by atoms with E-state index in [9.17, 15) is 5.11 Å². The van der Waals surface area contributed by atoms with Crippen molar-refractivity contribution in [2.24, 2.45) is 0 Å². The molecule has 2 nitrogen and oxygen atoms in total. The van der Waals surface area contributed by atoms with E-state index < -0.39 is 0 Å². The van der Waals surface area contributed by atoms with Crippen LogP contribution in [0.25, 0.3) is 0 Å². The second-order valence-corrected chi connectivity index (χ2v) is 3.02. The second-order valence-electron chi connectivity index (χ2n) is 3.02. The van der Waals surface area contributed by atoms with Crippen LogP contribution in [0, 0.1) is 6.07 Å². The average Bonchev–Trinajstić information content (AvgIpc) is 2.17. The lowest BCUT2D eigenvalue weighted by Crippen LogP contribution is -2.22. The van der Waals surface area contributed by atoms with Crippen LogP contribution >= 0.6 is 0 Å². The minimum atomic E-state index is 0.366. The smallest absolute Gasteiger partial charge is 0.120 e. The van der Waals surface area contributed by atoms with Crippen LogP contribution < -0.4 is 0 Å². The second kappa shape index (κ2) is 4.87. The first-order valence-corrected chi connectivity index (χ1v) is 4.68. The zero-order valence-electron chi connectivity index (χ0n) is 8.25. The Kier molecular flexibility index (Phi) is 3.77. The molecule has 0 saturated heterocycles. The van der Waals surface area contributed by atoms with Gasteiger partial charge in [-0.25, -0.2) is 0 Å². The molecule has 1 aromatic rings. The Bertz CT molecular complexity index is 256. The Morgan fingerprint density at radius 1 is 1.38 bits per heavy atom.